The van der Waals surface area contributed by atoms with E-state index in [9.17, 15) is 9.59 Å². The SMILES string of the molecule is O=C(/C=C/c1ccc(Br)cc1)NNC(=O)C12CC3CC(CC(C3)C1)C2. The molecule has 4 aliphatic rings. The minimum absolute atomic E-state index is 0.0111. The number of carbonyl (C=O) groups excluding carboxylic acids is 2. The third kappa shape index (κ3) is 3.52. The van der Waals surface area contributed by atoms with E-state index in [2.05, 4.69) is 26.8 Å². The molecular weight excluding hydrogens is 380 g/mol. The van der Waals surface area contributed by atoms with Crippen LogP contribution in [0.3, 0.4) is 0 Å². The summed E-state index contributed by atoms with van der Waals surface area (Å²) >= 11 is 3.38. The van der Waals surface area contributed by atoms with Crippen LogP contribution in [0.4, 0.5) is 0 Å². The lowest BCUT2D eigenvalue weighted by Gasteiger charge is -2.55. The van der Waals surface area contributed by atoms with Crippen molar-refractivity contribution in [3.8, 4) is 0 Å². The van der Waals surface area contributed by atoms with Gasteiger partial charge in [-0.3, -0.25) is 20.4 Å². The zero-order chi connectivity index (χ0) is 17.4. The highest BCUT2D eigenvalue weighted by Gasteiger charge is 2.54. The highest BCUT2D eigenvalue weighted by Crippen LogP contribution is 2.59. The highest BCUT2D eigenvalue weighted by atomic mass is 79.9. The van der Waals surface area contributed by atoms with Crippen molar-refractivity contribution in [3.63, 3.8) is 0 Å². The molecule has 4 saturated carbocycles. The van der Waals surface area contributed by atoms with Crippen LogP contribution < -0.4 is 10.9 Å². The molecule has 0 aliphatic heterocycles. The summed E-state index contributed by atoms with van der Waals surface area (Å²) in [7, 11) is 0. The van der Waals surface area contributed by atoms with Crippen LogP contribution in [0.1, 0.15) is 44.1 Å². The zero-order valence-corrected chi connectivity index (χ0v) is 15.7. The number of carbonyl (C=O) groups is 2. The molecule has 4 aliphatic carbocycles. The number of hydrogen-bond acceptors (Lipinski definition) is 2. The molecule has 0 radical (unpaired) electrons. The third-order valence-corrected chi connectivity index (χ3v) is 6.64. The Hall–Kier alpha value is -1.62. The summed E-state index contributed by atoms with van der Waals surface area (Å²) in [6, 6.07) is 7.68. The molecule has 2 amide bonds. The molecule has 1 aromatic carbocycles. The number of rotatable bonds is 3. The van der Waals surface area contributed by atoms with Crippen LogP contribution in [0.15, 0.2) is 34.8 Å². The van der Waals surface area contributed by atoms with E-state index in [0.29, 0.717) is 17.8 Å². The smallest absolute Gasteiger partial charge is 0.262 e. The second kappa shape index (κ2) is 6.60. The first-order chi connectivity index (χ1) is 12.0. The second-order valence-electron chi connectivity index (χ2n) is 8.03. The van der Waals surface area contributed by atoms with Gasteiger partial charge >= 0.3 is 0 Å². The number of halogens is 1. The minimum Gasteiger partial charge on any atom is -0.273 e. The lowest BCUT2D eigenvalue weighted by atomic mass is 9.49. The molecule has 0 aromatic heterocycles. The predicted molar refractivity (Wildman–Crippen MR) is 100 cm³/mol. The highest BCUT2D eigenvalue weighted by molar-refractivity contribution is 9.10. The van der Waals surface area contributed by atoms with Crippen LogP contribution in [0.2, 0.25) is 0 Å². The maximum absolute atomic E-state index is 12.8. The first-order valence-corrected chi connectivity index (χ1v) is 9.86. The van der Waals surface area contributed by atoms with Crippen LogP contribution >= 0.6 is 15.9 Å². The molecule has 132 valence electrons. The summed E-state index contributed by atoms with van der Waals surface area (Å²) in [4.78, 5) is 24.8. The van der Waals surface area contributed by atoms with E-state index in [1.54, 1.807) is 6.08 Å². The Morgan fingerprint density at radius 3 is 2.08 bits per heavy atom. The van der Waals surface area contributed by atoms with Crippen molar-refractivity contribution in [2.45, 2.75) is 38.5 Å². The lowest BCUT2D eigenvalue weighted by molar-refractivity contribution is -0.148. The van der Waals surface area contributed by atoms with Gasteiger partial charge < -0.3 is 0 Å². The average molecular weight is 403 g/mol. The van der Waals surface area contributed by atoms with Gasteiger partial charge in [0, 0.05) is 10.5 Å². The van der Waals surface area contributed by atoms with Gasteiger partial charge in [0.25, 0.3) is 5.91 Å². The average Bonchev–Trinajstić information content (AvgIpc) is 2.58. The Balaban J connectivity index is 1.33. The normalized spacial score (nSPS) is 32.8. The van der Waals surface area contributed by atoms with E-state index in [4.69, 9.17) is 0 Å². The molecule has 25 heavy (non-hydrogen) atoms. The molecular formula is C20H23BrN2O2. The van der Waals surface area contributed by atoms with Crippen LogP contribution in [-0.2, 0) is 9.59 Å². The van der Waals surface area contributed by atoms with Gasteiger partial charge in [0.15, 0.2) is 0 Å². The van der Waals surface area contributed by atoms with E-state index < -0.39 is 0 Å². The molecule has 4 bridgehead atoms. The predicted octanol–water partition coefficient (Wildman–Crippen LogP) is 3.83. The monoisotopic (exact) mass is 402 g/mol. The number of benzene rings is 1. The Kier molecular flexibility index (Phi) is 4.44. The fourth-order valence-corrected chi connectivity index (χ4v) is 5.69. The number of nitrogens with one attached hydrogen (secondary N) is 2. The summed E-state index contributed by atoms with van der Waals surface area (Å²) < 4.78 is 0.997. The Morgan fingerprint density at radius 2 is 1.52 bits per heavy atom. The summed E-state index contributed by atoms with van der Waals surface area (Å²) in [5.41, 5.74) is 5.94. The lowest BCUT2D eigenvalue weighted by Crippen LogP contribution is -2.56. The zero-order valence-electron chi connectivity index (χ0n) is 14.1. The fourth-order valence-electron chi connectivity index (χ4n) is 5.43. The van der Waals surface area contributed by atoms with Gasteiger partial charge in [-0.1, -0.05) is 28.1 Å². The van der Waals surface area contributed by atoms with Crippen LogP contribution in [0, 0.1) is 23.2 Å². The molecule has 2 N–H and O–H groups in total. The van der Waals surface area contributed by atoms with Crippen molar-refractivity contribution in [1.82, 2.24) is 10.9 Å². The molecule has 5 rings (SSSR count). The van der Waals surface area contributed by atoms with Crippen LogP contribution in [0.5, 0.6) is 0 Å². The largest absolute Gasteiger partial charge is 0.273 e. The van der Waals surface area contributed by atoms with E-state index >= 15 is 0 Å². The van der Waals surface area contributed by atoms with Crippen molar-refractivity contribution in [2.24, 2.45) is 23.2 Å². The standard InChI is InChI=1S/C20H23BrN2O2/c21-17-4-1-13(2-5-17)3-6-18(24)22-23-19(25)20-10-14-7-15(11-20)9-16(8-14)12-20/h1-6,14-16H,7-12H2,(H,22,24)(H,23,25)/b6-3+. The summed E-state index contributed by atoms with van der Waals surface area (Å²) in [5.74, 6) is 1.85. The van der Waals surface area contributed by atoms with Crippen molar-refractivity contribution in [1.29, 1.82) is 0 Å². The van der Waals surface area contributed by atoms with Crippen molar-refractivity contribution >= 4 is 33.8 Å². The molecule has 0 spiro atoms. The van der Waals surface area contributed by atoms with Crippen LogP contribution in [0.25, 0.3) is 6.08 Å². The maximum atomic E-state index is 12.8. The summed E-state index contributed by atoms with van der Waals surface area (Å²) in [5, 5.41) is 0. The van der Waals surface area contributed by atoms with Gasteiger partial charge in [0.2, 0.25) is 5.91 Å². The van der Waals surface area contributed by atoms with E-state index in [0.717, 1.165) is 29.3 Å². The Bertz CT molecular complexity index is 676. The molecule has 0 atom stereocenters. The van der Waals surface area contributed by atoms with Crippen LogP contribution in [-0.4, -0.2) is 11.8 Å². The maximum Gasteiger partial charge on any atom is 0.262 e. The van der Waals surface area contributed by atoms with Gasteiger partial charge in [0.05, 0.1) is 5.41 Å². The van der Waals surface area contributed by atoms with Crippen molar-refractivity contribution < 1.29 is 9.59 Å². The topological polar surface area (TPSA) is 58.2 Å². The van der Waals surface area contributed by atoms with Gasteiger partial charge in [0.1, 0.15) is 0 Å². The molecule has 5 heteroatoms. The van der Waals surface area contributed by atoms with Gasteiger partial charge in [-0.05, 0) is 80.1 Å². The minimum atomic E-state index is -0.305. The molecule has 1 aromatic rings. The van der Waals surface area contributed by atoms with Gasteiger partial charge in [-0.25, -0.2) is 0 Å². The number of hydrazine groups is 1. The molecule has 0 heterocycles. The Morgan fingerprint density at radius 1 is 0.960 bits per heavy atom. The molecule has 4 fully saturated rings. The quantitative estimate of drug-likeness (QED) is 0.596. The second-order valence-corrected chi connectivity index (χ2v) is 8.94. The third-order valence-electron chi connectivity index (χ3n) is 6.12. The number of amides is 2. The summed E-state index contributed by atoms with van der Waals surface area (Å²) in [6.07, 6.45) is 10.1. The summed E-state index contributed by atoms with van der Waals surface area (Å²) in [6.45, 7) is 0. The first-order valence-electron chi connectivity index (χ1n) is 9.06. The Labute approximate surface area is 156 Å². The number of hydrogen-bond donors (Lipinski definition) is 2. The fraction of sp³-hybridized carbons (Fsp3) is 0.500. The molecule has 4 nitrogen and oxygen atoms in total. The van der Waals surface area contributed by atoms with Crippen molar-refractivity contribution in [3.05, 3.63) is 40.4 Å². The molecule has 0 saturated heterocycles. The van der Waals surface area contributed by atoms with E-state index in [1.165, 1.54) is 25.3 Å². The van der Waals surface area contributed by atoms with Crippen molar-refractivity contribution in [2.75, 3.05) is 0 Å². The van der Waals surface area contributed by atoms with E-state index in [-0.39, 0.29) is 17.2 Å². The van der Waals surface area contributed by atoms with E-state index in [1.807, 2.05) is 24.3 Å². The van der Waals surface area contributed by atoms with Gasteiger partial charge in [-0.2, -0.15) is 0 Å². The van der Waals surface area contributed by atoms with Gasteiger partial charge in [-0.15, -0.1) is 0 Å². The first kappa shape index (κ1) is 16.8. The molecule has 0 unspecified atom stereocenters.